The number of nitrogens with one attached hydrogen (secondary N) is 1. The minimum absolute atomic E-state index is 0.0403. The molecular weight excluding hydrogens is 290 g/mol. The summed E-state index contributed by atoms with van der Waals surface area (Å²) in [5.41, 5.74) is 1.45. The average Bonchev–Trinajstić information content (AvgIpc) is 3.13. The molecule has 2 heterocycles. The van der Waals surface area contributed by atoms with Crippen molar-refractivity contribution < 1.29 is 9.21 Å². The van der Waals surface area contributed by atoms with Gasteiger partial charge < -0.3 is 14.3 Å². The number of nitrogens with zero attached hydrogens (tertiary/aromatic N) is 2. The zero-order valence-corrected chi connectivity index (χ0v) is 13.6. The number of carbonyl (C=O) groups excluding carboxylic acids is 1. The molecule has 23 heavy (non-hydrogen) atoms. The van der Waals surface area contributed by atoms with Crippen molar-refractivity contribution in [1.82, 2.24) is 14.9 Å². The van der Waals surface area contributed by atoms with E-state index in [1.165, 1.54) is 0 Å². The van der Waals surface area contributed by atoms with E-state index in [4.69, 9.17) is 4.42 Å². The van der Waals surface area contributed by atoms with Gasteiger partial charge >= 0.3 is 0 Å². The Kier molecular flexibility index (Phi) is 4.19. The van der Waals surface area contributed by atoms with Gasteiger partial charge in [-0.05, 0) is 37.1 Å². The third-order valence-corrected chi connectivity index (χ3v) is 3.99. The summed E-state index contributed by atoms with van der Waals surface area (Å²) in [5.74, 6) is 1.10. The monoisotopic (exact) mass is 311 g/mol. The summed E-state index contributed by atoms with van der Waals surface area (Å²) in [5, 5.41) is 4.07. The first-order valence-corrected chi connectivity index (χ1v) is 7.80. The van der Waals surface area contributed by atoms with Crippen molar-refractivity contribution in [2.75, 3.05) is 0 Å². The summed E-state index contributed by atoms with van der Waals surface area (Å²) in [4.78, 5) is 16.6. The number of carbonyl (C=O) groups is 1. The van der Waals surface area contributed by atoms with Crippen LogP contribution in [0.3, 0.4) is 0 Å². The molecule has 0 aliphatic heterocycles. The Morgan fingerprint density at radius 3 is 2.87 bits per heavy atom. The first-order valence-electron chi connectivity index (χ1n) is 7.80. The average molecular weight is 311 g/mol. The van der Waals surface area contributed by atoms with E-state index >= 15 is 0 Å². The normalized spacial score (nSPS) is 12.7. The van der Waals surface area contributed by atoms with E-state index in [2.05, 4.69) is 24.1 Å². The SMILES string of the molecule is Cc1cc2cc(C(=O)N[C@H](Cn3ccnc3)C(C)C)ccc2o1. The van der Waals surface area contributed by atoms with Crippen LogP contribution in [-0.4, -0.2) is 21.5 Å². The maximum atomic E-state index is 12.6. The van der Waals surface area contributed by atoms with Gasteiger partial charge in [-0.3, -0.25) is 4.79 Å². The standard InChI is InChI=1S/C18H21N3O2/c1-12(2)16(10-21-7-6-19-11-21)20-18(22)14-4-5-17-15(9-14)8-13(3)23-17/h4-9,11-12,16H,10H2,1-3H3,(H,20,22)/t16-/m1/s1. The van der Waals surface area contributed by atoms with Crippen molar-refractivity contribution in [3.63, 3.8) is 0 Å². The maximum Gasteiger partial charge on any atom is 0.251 e. The smallest absolute Gasteiger partial charge is 0.251 e. The minimum atomic E-state index is -0.0652. The van der Waals surface area contributed by atoms with Gasteiger partial charge in [0.15, 0.2) is 0 Å². The van der Waals surface area contributed by atoms with Crippen molar-refractivity contribution in [2.24, 2.45) is 5.92 Å². The molecule has 0 spiro atoms. The molecule has 0 aliphatic carbocycles. The Labute approximate surface area is 135 Å². The van der Waals surface area contributed by atoms with Gasteiger partial charge in [0.25, 0.3) is 5.91 Å². The molecule has 120 valence electrons. The first kappa shape index (κ1) is 15.3. The Morgan fingerprint density at radius 1 is 1.35 bits per heavy atom. The molecule has 0 aliphatic rings. The lowest BCUT2D eigenvalue weighted by atomic mass is 10.0. The quantitative estimate of drug-likeness (QED) is 0.785. The zero-order chi connectivity index (χ0) is 16.4. The molecule has 0 saturated carbocycles. The number of furan rings is 1. The molecule has 0 unspecified atom stereocenters. The molecule has 3 rings (SSSR count). The Bertz CT molecular complexity index is 803. The van der Waals surface area contributed by atoms with Crippen molar-refractivity contribution in [2.45, 2.75) is 33.4 Å². The van der Waals surface area contributed by atoms with Crippen LogP contribution < -0.4 is 5.32 Å². The van der Waals surface area contributed by atoms with Gasteiger partial charge in [-0.15, -0.1) is 0 Å². The Hall–Kier alpha value is -2.56. The predicted octanol–water partition coefficient (Wildman–Crippen LogP) is 3.39. The fraction of sp³-hybridized carbons (Fsp3) is 0.333. The van der Waals surface area contributed by atoms with Crippen LogP contribution in [0, 0.1) is 12.8 Å². The Morgan fingerprint density at radius 2 is 2.17 bits per heavy atom. The number of aryl methyl sites for hydroxylation is 1. The topological polar surface area (TPSA) is 60.1 Å². The highest BCUT2D eigenvalue weighted by Crippen LogP contribution is 2.20. The fourth-order valence-electron chi connectivity index (χ4n) is 2.61. The predicted molar refractivity (Wildman–Crippen MR) is 89.3 cm³/mol. The first-order chi connectivity index (χ1) is 11.0. The highest BCUT2D eigenvalue weighted by atomic mass is 16.3. The molecule has 0 bridgehead atoms. The molecule has 1 atom stereocenters. The van der Waals surface area contributed by atoms with Gasteiger partial charge in [0, 0.05) is 35.9 Å². The Balaban J connectivity index is 1.76. The largest absolute Gasteiger partial charge is 0.461 e. The highest BCUT2D eigenvalue weighted by Gasteiger charge is 2.18. The molecule has 1 aromatic carbocycles. The summed E-state index contributed by atoms with van der Waals surface area (Å²) in [6.45, 7) is 6.81. The van der Waals surface area contributed by atoms with E-state index in [0.717, 1.165) is 16.7 Å². The van der Waals surface area contributed by atoms with Crippen molar-refractivity contribution in [3.05, 3.63) is 54.3 Å². The lowest BCUT2D eigenvalue weighted by Gasteiger charge is -2.23. The number of hydrogen-bond donors (Lipinski definition) is 1. The maximum absolute atomic E-state index is 12.6. The summed E-state index contributed by atoms with van der Waals surface area (Å²) in [6, 6.07) is 7.50. The van der Waals surface area contributed by atoms with Crippen LogP contribution in [-0.2, 0) is 6.54 Å². The second kappa shape index (κ2) is 6.28. The third-order valence-electron chi connectivity index (χ3n) is 3.99. The van der Waals surface area contributed by atoms with Gasteiger partial charge in [0.05, 0.1) is 6.33 Å². The van der Waals surface area contributed by atoms with E-state index in [0.29, 0.717) is 18.0 Å². The molecule has 1 amide bonds. The van der Waals surface area contributed by atoms with Gasteiger partial charge in [0.2, 0.25) is 0 Å². The van der Waals surface area contributed by atoms with Crippen LogP contribution in [0.4, 0.5) is 0 Å². The van der Waals surface area contributed by atoms with Crippen LogP contribution in [0.5, 0.6) is 0 Å². The van der Waals surface area contributed by atoms with E-state index < -0.39 is 0 Å². The molecule has 5 heteroatoms. The van der Waals surface area contributed by atoms with Crippen LogP contribution >= 0.6 is 0 Å². The summed E-state index contributed by atoms with van der Waals surface area (Å²) >= 11 is 0. The van der Waals surface area contributed by atoms with Gasteiger partial charge in [-0.25, -0.2) is 4.98 Å². The molecule has 0 fully saturated rings. The van der Waals surface area contributed by atoms with E-state index in [-0.39, 0.29) is 11.9 Å². The molecule has 0 radical (unpaired) electrons. The third kappa shape index (κ3) is 3.44. The second-order valence-electron chi connectivity index (χ2n) is 6.19. The number of rotatable bonds is 5. The molecule has 0 saturated heterocycles. The molecular formula is C18H21N3O2. The van der Waals surface area contributed by atoms with Crippen molar-refractivity contribution in [1.29, 1.82) is 0 Å². The number of fused-ring (bicyclic) bond motifs is 1. The fourth-order valence-corrected chi connectivity index (χ4v) is 2.61. The molecule has 3 aromatic rings. The number of aromatic nitrogens is 2. The molecule has 1 N–H and O–H groups in total. The summed E-state index contributed by atoms with van der Waals surface area (Å²) in [7, 11) is 0. The number of amides is 1. The summed E-state index contributed by atoms with van der Waals surface area (Å²) < 4.78 is 7.53. The lowest BCUT2D eigenvalue weighted by Crippen LogP contribution is -2.41. The van der Waals surface area contributed by atoms with Crippen LogP contribution in [0.15, 0.2) is 47.4 Å². The second-order valence-corrected chi connectivity index (χ2v) is 6.19. The van der Waals surface area contributed by atoms with Crippen LogP contribution in [0.2, 0.25) is 0 Å². The van der Waals surface area contributed by atoms with Gasteiger partial charge in [-0.2, -0.15) is 0 Å². The van der Waals surface area contributed by atoms with Gasteiger partial charge in [-0.1, -0.05) is 13.8 Å². The summed E-state index contributed by atoms with van der Waals surface area (Å²) in [6.07, 6.45) is 5.41. The van der Waals surface area contributed by atoms with E-state index in [9.17, 15) is 4.79 Å². The van der Waals surface area contributed by atoms with E-state index in [1.807, 2.05) is 35.9 Å². The van der Waals surface area contributed by atoms with Crippen molar-refractivity contribution >= 4 is 16.9 Å². The zero-order valence-electron chi connectivity index (χ0n) is 13.6. The van der Waals surface area contributed by atoms with Gasteiger partial charge in [0.1, 0.15) is 11.3 Å². The number of benzene rings is 1. The highest BCUT2D eigenvalue weighted by molar-refractivity contribution is 5.98. The molecule has 2 aromatic heterocycles. The minimum Gasteiger partial charge on any atom is -0.461 e. The molecule has 5 nitrogen and oxygen atoms in total. The number of imidazole rings is 1. The van der Waals surface area contributed by atoms with Crippen LogP contribution in [0.1, 0.15) is 30.0 Å². The van der Waals surface area contributed by atoms with Crippen LogP contribution in [0.25, 0.3) is 11.0 Å². The number of hydrogen-bond acceptors (Lipinski definition) is 3. The lowest BCUT2D eigenvalue weighted by molar-refractivity contribution is 0.0920. The van der Waals surface area contributed by atoms with Crippen molar-refractivity contribution in [3.8, 4) is 0 Å². The van der Waals surface area contributed by atoms with E-state index in [1.54, 1.807) is 18.6 Å².